The number of hydrogen-bond acceptors (Lipinski definition) is 4. The fourth-order valence-corrected chi connectivity index (χ4v) is 2.49. The predicted molar refractivity (Wildman–Crippen MR) is 86.3 cm³/mol. The monoisotopic (exact) mass is 334 g/mol. The summed E-state index contributed by atoms with van der Waals surface area (Å²) in [4.78, 5) is 13.9. The minimum absolute atomic E-state index is 0. The molecular weight excluding hydrogens is 312 g/mol. The van der Waals surface area contributed by atoms with Crippen LogP contribution in [0.15, 0.2) is 29.2 Å². The average molecular weight is 335 g/mol. The molecule has 21 heavy (non-hydrogen) atoms. The first kappa shape index (κ1) is 19.9. The largest absolute Gasteiger partial charge is 0.339 e. The number of nitrogens with two attached hydrogens (primary N) is 1. The van der Waals surface area contributed by atoms with Crippen molar-refractivity contribution in [2.45, 2.75) is 30.7 Å². The Kier molecular flexibility index (Phi) is 7.92. The maximum atomic E-state index is 11.9. The molecule has 1 aromatic rings. The first-order valence-corrected chi connectivity index (χ1v) is 8.42. The molecule has 1 amide bonds. The molecule has 1 unspecified atom stereocenters. The molecule has 0 saturated heterocycles. The van der Waals surface area contributed by atoms with Crippen LogP contribution in [0.3, 0.4) is 0 Å². The molecule has 0 aliphatic heterocycles. The van der Waals surface area contributed by atoms with E-state index in [9.17, 15) is 13.2 Å². The summed E-state index contributed by atoms with van der Waals surface area (Å²) in [6.45, 7) is 2.41. The van der Waals surface area contributed by atoms with E-state index in [1.54, 1.807) is 36.2 Å². The molecule has 1 atom stereocenters. The standard InChI is InChI=1S/C14H22N2O3S.ClH/c1-11(16(2)14(17)5-4-10-15)12-6-8-13(9-7-12)20(3,18)19;/h6-9,11H,4-5,10,15H2,1-3H3;1H. The summed E-state index contributed by atoms with van der Waals surface area (Å²) < 4.78 is 22.8. The number of benzene rings is 1. The van der Waals surface area contributed by atoms with Gasteiger partial charge in [-0.15, -0.1) is 12.4 Å². The highest BCUT2D eigenvalue weighted by Crippen LogP contribution is 2.21. The number of sulfone groups is 1. The molecule has 7 heteroatoms. The molecule has 0 aliphatic rings. The van der Waals surface area contributed by atoms with Gasteiger partial charge in [-0.25, -0.2) is 8.42 Å². The third-order valence-electron chi connectivity index (χ3n) is 3.36. The van der Waals surface area contributed by atoms with Crippen molar-refractivity contribution in [1.82, 2.24) is 4.90 Å². The van der Waals surface area contributed by atoms with Crippen LogP contribution in [0, 0.1) is 0 Å². The van der Waals surface area contributed by atoms with E-state index in [1.807, 2.05) is 6.92 Å². The van der Waals surface area contributed by atoms with Gasteiger partial charge in [-0.2, -0.15) is 0 Å². The maximum Gasteiger partial charge on any atom is 0.222 e. The van der Waals surface area contributed by atoms with Gasteiger partial charge in [0, 0.05) is 19.7 Å². The summed E-state index contributed by atoms with van der Waals surface area (Å²) in [5.74, 6) is 0.0372. The molecule has 120 valence electrons. The zero-order valence-corrected chi connectivity index (χ0v) is 14.2. The van der Waals surface area contributed by atoms with Crippen LogP contribution in [0.4, 0.5) is 0 Å². The van der Waals surface area contributed by atoms with Crippen molar-refractivity contribution in [3.05, 3.63) is 29.8 Å². The second-order valence-electron chi connectivity index (χ2n) is 4.91. The Morgan fingerprint density at radius 2 is 1.81 bits per heavy atom. The fourth-order valence-electron chi connectivity index (χ4n) is 1.86. The van der Waals surface area contributed by atoms with Crippen molar-refractivity contribution < 1.29 is 13.2 Å². The lowest BCUT2D eigenvalue weighted by Gasteiger charge is -2.25. The highest BCUT2D eigenvalue weighted by atomic mass is 35.5. The van der Waals surface area contributed by atoms with E-state index in [4.69, 9.17) is 5.73 Å². The number of amides is 1. The quantitative estimate of drug-likeness (QED) is 0.859. The van der Waals surface area contributed by atoms with Gasteiger partial charge in [0.2, 0.25) is 5.91 Å². The van der Waals surface area contributed by atoms with Crippen LogP contribution in [-0.4, -0.2) is 39.1 Å². The molecule has 0 aliphatic carbocycles. The fraction of sp³-hybridized carbons (Fsp3) is 0.500. The number of nitrogens with zero attached hydrogens (tertiary/aromatic N) is 1. The van der Waals surface area contributed by atoms with Crippen molar-refractivity contribution in [3.63, 3.8) is 0 Å². The molecule has 0 fully saturated rings. The molecule has 1 aromatic carbocycles. The van der Waals surface area contributed by atoms with E-state index in [-0.39, 0.29) is 29.3 Å². The van der Waals surface area contributed by atoms with Gasteiger partial charge in [-0.3, -0.25) is 4.79 Å². The minimum atomic E-state index is -3.19. The molecule has 0 aromatic heterocycles. The normalized spacial score (nSPS) is 12.4. The zero-order chi connectivity index (χ0) is 15.3. The third kappa shape index (κ3) is 5.65. The van der Waals surface area contributed by atoms with E-state index in [2.05, 4.69) is 0 Å². The van der Waals surface area contributed by atoms with E-state index < -0.39 is 9.84 Å². The Hall–Kier alpha value is -1.11. The molecule has 2 N–H and O–H groups in total. The van der Waals surface area contributed by atoms with Crippen LogP contribution in [0.5, 0.6) is 0 Å². The Balaban J connectivity index is 0.00000400. The third-order valence-corrected chi connectivity index (χ3v) is 4.49. The lowest BCUT2D eigenvalue weighted by Crippen LogP contribution is -2.29. The lowest BCUT2D eigenvalue weighted by molar-refractivity contribution is -0.131. The van der Waals surface area contributed by atoms with Crippen molar-refractivity contribution >= 4 is 28.2 Å². The summed E-state index contributed by atoms with van der Waals surface area (Å²) in [5.41, 5.74) is 6.30. The SMILES string of the molecule is CC(c1ccc(S(C)(=O)=O)cc1)N(C)C(=O)CCCN.Cl. The van der Waals surface area contributed by atoms with E-state index in [1.165, 1.54) is 6.26 Å². The molecular formula is C14H23ClN2O3S. The van der Waals surface area contributed by atoms with E-state index in [0.29, 0.717) is 19.4 Å². The van der Waals surface area contributed by atoms with Gasteiger partial charge in [0.25, 0.3) is 0 Å². The molecule has 0 spiro atoms. The van der Waals surface area contributed by atoms with Gasteiger partial charge >= 0.3 is 0 Å². The highest BCUT2D eigenvalue weighted by molar-refractivity contribution is 7.90. The Morgan fingerprint density at radius 3 is 2.24 bits per heavy atom. The average Bonchev–Trinajstić information content (AvgIpc) is 2.42. The van der Waals surface area contributed by atoms with Gasteiger partial charge < -0.3 is 10.6 Å². The van der Waals surface area contributed by atoms with E-state index >= 15 is 0 Å². The Morgan fingerprint density at radius 1 is 1.29 bits per heavy atom. The van der Waals surface area contributed by atoms with Crippen molar-refractivity contribution in [1.29, 1.82) is 0 Å². The Bertz CT molecular complexity index is 558. The van der Waals surface area contributed by atoms with Crippen LogP contribution in [0.2, 0.25) is 0 Å². The number of rotatable bonds is 6. The van der Waals surface area contributed by atoms with Gasteiger partial charge in [-0.05, 0) is 37.6 Å². The number of carbonyl (C=O) groups is 1. The number of halogens is 1. The maximum absolute atomic E-state index is 11.9. The van der Waals surface area contributed by atoms with Gasteiger partial charge in [0.05, 0.1) is 10.9 Å². The number of hydrogen-bond donors (Lipinski definition) is 1. The van der Waals surface area contributed by atoms with Crippen LogP contribution in [0.25, 0.3) is 0 Å². The van der Waals surface area contributed by atoms with Crippen molar-refractivity contribution in [3.8, 4) is 0 Å². The number of carbonyl (C=O) groups excluding carboxylic acids is 1. The lowest BCUT2D eigenvalue weighted by atomic mass is 10.1. The second kappa shape index (κ2) is 8.36. The van der Waals surface area contributed by atoms with Gasteiger partial charge in [0.1, 0.15) is 0 Å². The van der Waals surface area contributed by atoms with Crippen molar-refractivity contribution in [2.75, 3.05) is 19.8 Å². The Labute approximate surface area is 132 Å². The van der Waals surface area contributed by atoms with Gasteiger partial charge in [0.15, 0.2) is 9.84 Å². The zero-order valence-electron chi connectivity index (χ0n) is 12.6. The summed E-state index contributed by atoms with van der Waals surface area (Å²) in [7, 11) is -1.44. The van der Waals surface area contributed by atoms with Crippen molar-refractivity contribution in [2.24, 2.45) is 5.73 Å². The first-order valence-electron chi connectivity index (χ1n) is 6.53. The smallest absolute Gasteiger partial charge is 0.222 e. The molecule has 0 saturated carbocycles. The summed E-state index contributed by atoms with van der Waals surface area (Å²) in [6.07, 6.45) is 2.27. The van der Waals surface area contributed by atoms with Crippen LogP contribution < -0.4 is 5.73 Å². The van der Waals surface area contributed by atoms with Crippen LogP contribution in [0.1, 0.15) is 31.4 Å². The molecule has 0 radical (unpaired) electrons. The highest BCUT2D eigenvalue weighted by Gasteiger charge is 2.17. The second-order valence-corrected chi connectivity index (χ2v) is 6.93. The first-order chi connectivity index (χ1) is 9.27. The molecule has 1 rings (SSSR count). The van der Waals surface area contributed by atoms with Crippen LogP contribution in [-0.2, 0) is 14.6 Å². The topological polar surface area (TPSA) is 80.5 Å². The van der Waals surface area contributed by atoms with Crippen LogP contribution >= 0.6 is 12.4 Å². The van der Waals surface area contributed by atoms with Gasteiger partial charge in [-0.1, -0.05) is 12.1 Å². The summed E-state index contributed by atoms with van der Waals surface area (Å²) in [6, 6.07) is 6.52. The molecule has 0 bridgehead atoms. The molecule has 5 nitrogen and oxygen atoms in total. The minimum Gasteiger partial charge on any atom is -0.339 e. The summed E-state index contributed by atoms with van der Waals surface area (Å²) >= 11 is 0. The van der Waals surface area contributed by atoms with E-state index in [0.717, 1.165) is 5.56 Å². The molecule has 0 heterocycles. The summed E-state index contributed by atoms with van der Waals surface area (Å²) in [5, 5.41) is 0. The predicted octanol–water partition coefficient (Wildman–Crippen LogP) is 1.77.